The average Bonchev–Trinajstić information content (AvgIpc) is 2.79. The molecule has 146 valence electrons. The Kier molecular flexibility index (Phi) is 4.61. The molecule has 0 bridgehead atoms. The van der Waals surface area contributed by atoms with Crippen molar-refractivity contribution in [1.29, 1.82) is 0 Å². The lowest BCUT2D eigenvalue weighted by atomic mass is 10.2. The summed E-state index contributed by atoms with van der Waals surface area (Å²) in [6, 6.07) is 17.0. The monoisotopic (exact) mass is 459 g/mol. The van der Waals surface area contributed by atoms with Crippen LogP contribution in [0.3, 0.4) is 0 Å². The van der Waals surface area contributed by atoms with Crippen molar-refractivity contribution in [3.63, 3.8) is 0 Å². The summed E-state index contributed by atoms with van der Waals surface area (Å²) in [6.07, 6.45) is 4.75. The van der Waals surface area contributed by atoms with E-state index in [4.69, 9.17) is 15.2 Å². The smallest absolute Gasteiger partial charge is 0.249 e. The Balaban J connectivity index is 1.52. The normalized spacial score (nSPS) is 11.0. The van der Waals surface area contributed by atoms with Gasteiger partial charge in [0.25, 0.3) is 0 Å². The Hall–Kier alpha value is -3.78. The van der Waals surface area contributed by atoms with Gasteiger partial charge in [-0.3, -0.25) is 9.97 Å². The Morgan fingerprint density at radius 2 is 1.37 bits per heavy atom. The van der Waals surface area contributed by atoms with Crippen LogP contribution in [0.25, 0.3) is 21.8 Å². The van der Waals surface area contributed by atoms with E-state index in [-0.39, 0.29) is 17.4 Å². The molecule has 5 aromatic rings. The first kappa shape index (κ1) is 18.3. The maximum absolute atomic E-state index is 6.27. The highest BCUT2D eigenvalue weighted by molar-refractivity contribution is 9.10. The van der Waals surface area contributed by atoms with Crippen molar-refractivity contribution in [3.8, 4) is 23.3 Å². The predicted molar refractivity (Wildman–Crippen MR) is 118 cm³/mol. The highest BCUT2D eigenvalue weighted by Crippen LogP contribution is 2.37. The minimum atomic E-state index is 0.178. The van der Waals surface area contributed by atoms with Gasteiger partial charge in [-0.25, -0.2) is 0 Å². The van der Waals surface area contributed by atoms with Crippen molar-refractivity contribution in [2.45, 2.75) is 0 Å². The third-order valence-corrected chi connectivity index (χ3v) is 5.19. The summed E-state index contributed by atoms with van der Waals surface area (Å²) in [5.74, 6) is 1.44. The van der Waals surface area contributed by atoms with E-state index in [2.05, 4.69) is 35.9 Å². The summed E-state index contributed by atoms with van der Waals surface area (Å²) in [6.45, 7) is 0. The zero-order valence-electron chi connectivity index (χ0n) is 15.5. The molecule has 0 aliphatic rings. The first-order valence-corrected chi connectivity index (χ1v) is 9.83. The number of benzene rings is 2. The lowest BCUT2D eigenvalue weighted by molar-refractivity contribution is 0.442. The van der Waals surface area contributed by atoms with Gasteiger partial charge < -0.3 is 15.2 Å². The lowest BCUT2D eigenvalue weighted by Crippen LogP contribution is -2.01. The quantitative estimate of drug-likeness (QED) is 0.378. The summed E-state index contributed by atoms with van der Waals surface area (Å²) in [4.78, 5) is 17.1. The van der Waals surface area contributed by atoms with Crippen LogP contribution in [-0.4, -0.2) is 19.9 Å². The first-order chi connectivity index (χ1) is 14.7. The standard InChI is InChI=1S/C22H14BrN5O2/c23-15-8-9-17(20-14(15)6-3-11-26-20)30-22-18(24)21(27-12-28-22)29-16-7-1-4-13-5-2-10-25-19(13)16/h1-12H,24H2. The van der Waals surface area contributed by atoms with Crippen molar-refractivity contribution in [2.75, 3.05) is 5.73 Å². The molecule has 5 rings (SSSR count). The van der Waals surface area contributed by atoms with Gasteiger partial charge in [-0.1, -0.05) is 40.2 Å². The van der Waals surface area contributed by atoms with Crippen LogP contribution in [-0.2, 0) is 0 Å². The number of para-hydroxylation sites is 1. The van der Waals surface area contributed by atoms with E-state index in [0.29, 0.717) is 22.5 Å². The van der Waals surface area contributed by atoms with Crippen LogP contribution in [0.1, 0.15) is 0 Å². The first-order valence-electron chi connectivity index (χ1n) is 9.04. The molecular weight excluding hydrogens is 446 g/mol. The number of nitrogens with zero attached hydrogens (tertiary/aromatic N) is 4. The van der Waals surface area contributed by atoms with Crippen LogP contribution in [0.2, 0.25) is 0 Å². The molecule has 7 nitrogen and oxygen atoms in total. The fourth-order valence-electron chi connectivity index (χ4n) is 3.09. The molecule has 8 heteroatoms. The van der Waals surface area contributed by atoms with E-state index < -0.39 is 0 Å². The molecule has 0 unspecified atom stereocenters. The largest absolute Gasteiger partial charge is 0.435 e. The van der Waals surface area contributed by atoms with Crippen LogP contribution in [0.15, 0.2) is 77.8 Å². The van der Waals surface area contributed by atoms with Gasteiger partial charge >= 0.3 is 0 Å². The fraction of sp³-hybridized carbons (Fsp3) is 0. The van der Waals surface area contributed by atoms with Gasteiger partial charge in [-0.2, -0.15) is 9.97 Å². The van der Waals surface area contributed by atoms with Crippen molar-refractivity contribution < 1.29 is 9.47 Å². The summed E-state index contributed by atoms with van der Waals surface area (Å²) in [5.41, 5.74) is 7.85. The summed E-state index contributed by atoms with van der Waals surface area (Å²) in [7, 11) is 0. The summed E-state index contributed by atoms with van der Waals surface area (Å²) >= 11 is 3.53. The van der Waals surface area contributed by atoms with Gasteiger partial charge in [0.1, 0.15) is 17.4 Å². The second kappa shape index (κ2) is 7.57. The molecule has 3 heterocycles. The molecular formula is C22H14BrN5O2. The van der Waals surface area contributed by atoms with Crippen LogP contribution in [0.4, 0.5) is 5.69 Å². The van der Waals surface area contributed by atoms with Crippen molar-refractivity contribution in [1.82, 2.24) is 19.9 Å². The van der Waals surface area contributed by atoms with Gasteiger partial charge in [0.15, 0.2) is 17.2 Å². The Labute approximate surface area is 179 Å². The molecule has 0 aliphatic carbocycles. The number of halogens is 1. The SMILES string of the molecule is Nc1c(Oc2cccc3cccnc23)ncnc1Oc1ccc(Br)c2cccnc12. The minimum Gasteiger partial charge on any atom is -0.435 e. The zero-order valence-corrected chi connectivity index (χ0v) is 17.1. The van der Waals surface area contributed by atoms with Crippen molar-refractivity contribution in [2.24, 2.45) is 0 Å². The molecule has 0 spiro atoms. The summed E-state index contributed by atoms with van der Waals surface area (Å²) in [5, 5.41) is 1.87. The Bertz CT molecular complexity index is 1390. The van der Waals surface area contributed by atoms with Gasteiger partial charge in [-0.15, -0.1) is 0 Å². The molecule has 0 saturated carbocycles. The average molecular weight is 460 g/mol. The topological polar surface area (TPSA) is 96.0 Å². The molecule has 3 aromatic heterocycles. The molecule has 0 fully saturated rings. The molecule has 30 heavy (non-hydrogen) atoms. The molecule has 0 atom stereocenters. The third kappa shape index (κ3) is 3.27. The number of hydrogen-bond donors (Lipinski definition) is 1. The predicted octanol–water partition coefficient (Wildman–Crippen LogP) is 5.50. The number of rotatable bonds is 4. The van der Waals surface area contributed by atoms with Crippen molar-refractivity contribution >= 4 is 43.4 Å². The number of anilines is 1. The van der Waals surface area contributed by atoms with E-state index in [9.17, 15) is 0 Å². The minimum absolute atomic E-state index is 0.178. The van der Waals surface area contributed by atoms with E-state index >= 15 is 0 Å². The number of pyridine rings is 2. The number of aromatic nitrogens is 4. The van der Waals surface area contributed by atoms with E-state index in [1.54, 1.807) is 18.5 Å². The van der Waals surface area contributed by atoms with Crippen LogP contribution < -0.4 is 15.2 Å². The van der Waals surface area contributed by atoms with E-state index in [1.165, 1.54) is 6.33 Å². The second-order valence-corrected chi connectivity index (χ2v) is 7.23. The summed E-state index contributed by atoms with van der Waals surface area (Å²) < 4.78 is 12.9. The molecule has 0 radical (unpaired) electrons. The van der Waals surface area contributed by atoms with Crippen molar-refractivity contribution in [3.05, 3.63) is 77.8 Å². The number of nitrogen functional groups attached to an aromatic ring is 1. The van der Waals surface area contributed by atoms with Gasteiger partial charge in [0.05, 0.1) is 0 Å². The maximum Gasteiger partial charge on any atom is 0.249 e. The van der Waals surface area contributed by atoms with E-state index in [1.807, 2.05) is 48.5 Å². The fourth-order valence-corrected chi connectivity index (χ4v) is 3.54. The van der Waals surface area contributed by atoms with Crippen LogP contribution >= 0.6 is 15.9 Å². The molecule has 2 aromatic carbocycles. The molecule has 0 aliphatic heterocycles. The number of ether oxygens (including phenoxy) is 2. The number of fused-ring (bicyclic) bond motifs is 2. The third-order valence-electron chi connectivity index (χ3n) is 4.50. The van der Waals surface area contributed by atoms with E-state index in [0.717, 1.165) is 15.2 Å². The van der Waals surface area contributed by atoms with Gasteiger partial charge in [0, 0.05) is 27.6 Å². The van der Waals surface area contributed by atoms with Gasteiger partial charge in [-0.05, 0) is 30.3 Å². The maximum atomic E-state index is 6.27. The zero-order chi connectivity index (χ0) is 20.5. The molecule has 2 N–H and O–H groups in total. The molecule has 0 saturated heterocycles. The lowest BCUT2D eigenvalue weighted by Gasteiger charge is -2.13. The highest BCUT2D eigenvalue weighted by atomic mass is 79.9. The Morgan fingerprint density at radius 3 is 2.17 bits per heavy atom. The van der Waals surface area contributed by atoms with Gasteiger partial charge in [0.2, 0.25) is 11.8 Å². The van der Waals surface area contributed by atoms with Crippen LogP contribution in [0.5, 0.6) is 23.3 Å². The second-order valence-electron chi connectivity index (χ2n) is 6.38. The Morgan fingerprint density at radius 1 is 0.700 bits per heavy atom. The molecule has 0 amide bonds. The highest BCUT2D eigenvalue weighted by Gasteiger charge is 2.16. The van der Waals surface area contributed by atoms with Crippen LogP contribution in [0, 0.1) is 0 Å². The number of nitrogens with two attached hydrogens (primary N) is 1. The number of hydrogen-bond acceptors (Lipinski definition) is 7.